The number of methoxy groups -OCH3 is 1. The quantitative estimate of drug-likeness (QED) is 0.444. The van der Waals surface area contributed by atoms with Crippen molar-refractivity contribution < 1.29 is 14.3 Å². The SMILES string of the molecule is COc1ccc(-c2ccc(C(=O)N(C)C)cc2)cc1CCC(CC(C)=O)C1CCC(C)CC1. The maximum Gasteiger partial charge on any atom is 0.253 e. The Balaban J connectivity index is 1.77. The minimum atomic E-state index is 0.00518. The Kier molecular flexibility index (Phi) is 8.71. The van der Waals surface area contributed by atoms with Gasteiger partial charge < -0.3 is 14.4 Å². The Hall–Kier alpha value is -2.62. The van der Waals surface area contributed by atoms with Gasteiger partial charge in [0.15, 0.2) is 0 Å². The second-order valence-corrected chi connectivity index (χ2v) is 10.0. The number of carbonyl (C=O) groups is 2. The molecule has 33 heavy (non-hydrogen) atoms. The van der Waals surface area contributed by atoms with Crippen LogP contribution in [0.1, 0.15) is 68.3 Å². The van der Waals surface area contributed by atoms with Gasteiger partial charge in [-0.15, -0.1) is 0 Å². The molecular formula is C29H39NO3. The molecule has 0 N–H and O–H groups in total. The molecule has 1 unspecified atom stereocenters. The van der Waals surface area contributed by atoms with Gasteiger partial charge in [-0.1, -0.05) is 38.0 Å². The Morgan fingerprint density at radius 1 is 1.00 bits per heavy atom. The van der Waals surface area contributed by atoms with Crippen LogP contribution in [0.5, 0.6) is 5.75 Å². The van der Waals surface area contributed by atoms with Gasteiger partial charge in [-0.25, -0.2) is 0 Å². The van der Waals surface area contributed by atoms with Crippen LogP contribution in [0.3, 0.4) is 0 Å². The van der Waals surface area contributed by atoms with E-state index in [0.717, 1.165) is 35.6 Å². The molecule has 3 rings (SSSR count). The number of ketones is 1. The second kappa shape index (κ2) is 11.5. The summed E-state index contributed by atoms with van der Waals surface area (Å²) in [6.45, 7) is 4.07. The molecule has 0 spiro atoms. The third-order valence-corrected chi connectivity index (χ3v) is 7.21. The largest absolute Gasteiger partial charge is 0.496 e. The molecule has 178 valence electrons. The fourth-order valence-corrected chi connectivity index (χ4v) is 5.19. The first-order chi connectivity index (χ1) is 15.8. The lowest BCUT2D eigenvalue weighted by atomic mass is 9.73. The Morgan fingerprint density at radius 3 is 2.21 bits per heavy atom. The average Bonchev–Trinajstić information content (AvgIpc) is 2.81. The Labute approximate surface area is 199 Å². The highest BCUT2D eigenvalue weighted by Gasteiger charge is 2.27. The van der Waals surface area contributed by atoms with Gasteiger partial charge in [0.1, 0.15) is 11.5 Å². The number of nitrogens with zero attached hydrogens (tertiary/aromatic N) is 1. The van der Waals surface area contributed by atoms with E-state index in [1.807, 2.05) is 30.3 Å². The number of benzene rings is 2. The van der Waals surface area contributed by atoms with Crippen LogP contribution < -0.4 is 4.74 Å². The van der Waals surface area contributed by atoms with Gasteiger partial charge in [-0.05, 0) is 91.3 Å². The summed E-state index contributed by atoms with van der Waals surface area (Å²) in [5.74, 6) is 3.12. The summed E-state index contributed by atoms with van der Waals surface area (Å²) in [5, 5.41) is 0. The first-order valence-corrected chi connectivity index (χ1v) is 12.3. The average molecular weight is 450 g/mol. The second-order valence-electron chi connectivity index (χ2n) is 10.0. The van der Waals surface area contributed by atoms with Crippen molar-refractivity contribution in [1.82, 2.24) is 4.90 Å². The molecule has 0 aromatic heterocycles. The summed E-state index contributed by atoms with van der Waals surface area (Å²) in [5.41, 5.74) is 4.06. The summed E-state index contributed by atoms with van der Waals surface area (Å²) in [4.78, 5) is 25.8. The molecule has 1 atom stereocenters. The number of Topliss-reactive ketones (excluding diaryl/α,β-unsaturated/α-hetero) is 1. The first-order valence-electron chi connectivity index (χ1n) is 12.3. The lowest BCUT2D eigenvalue weighted by Crippen LogP contribution is -2.23. The van der Waals surface area contributed by atoms with E-state index in [2.05, 4.69) is 19.1 Å². The lowest BCUT2D eigenvalue weighted by molar-refractivity contribution is -0.118. The maximum atomic E-state index is 12.2. The zero-order valence-corrected chi connectivity index (χ0v) is 20.9. The fraction of sp³-hybridized carbons (Fsp3) is 0.517. The van der Waals surface area contributed by atoms with Crippen LogP contribution in [-0.2, 0) is 11.2 Å². The molecule has 0 heterocycles. The summed E-state index contributed by atoms with van der Waals surface area (Å²) in [6.07, 6.45) is 7.65. The molecule has 1 amide bonds. The van der Waals surface area contributed by atoms with E-state index in [4.69, 9.17) is 4.74 Å². The van der Waals surface area contributed by atoms with Crippen LogP contribution in [0.4, 0.5) is 0 Å². The molecule has 1 aliphatic rings. The minimum absolute atomic E-state index is 0.00518. The molecule has 1 saturated carbocycles. The molecule has 0 aliphatic heterocycles. The van der Waals surface area contributed by atoms with Gasteiger partial charge in [-0.2, -0.15) is 0 Å². The van der Waals surface area contributed by atoms with Gasteiger partial charge in [0.05, 0.1) is 7.11 Å². The predicted octanol–water partition coefficient (Wildman–Crippen LogP) is 6.42. The van der Waals surface area contributed by atoms with Gasteiger partial charge in [-0.3, -0.25) is 4.79 Å². The third-order valence-electron chi connectivity index (χ3n) is 7.21. The van der Waals surface area contributed by atoms with Gasteiger partial charge in [0.25, 0.3) is 5.91 Å². The monoisotopic (exact) mass is 449 g/mol. The molecule has 0 saturated heterocycles. The van der Waals surface area contributed by atoms with Crippen molar-refractivity contribution >= 4 is 11.7 Å². The summed E-state index contributed by atoms with van der Waals surface area (Å²) < 4.78 is 5.67. The van der Waals surface area contributed by atoms with Crippen molar-refractivity contribution in [3.8, 4) is 16.9 Å². The number of hydrogen-bond acceptors (Lipinski definition) is 3. The third kappa shape index (κ3) is 6.69. The smallest absolute Gasteiger partial charge is 0.253 e. The van der Waals surface area contributed by atoms with Crippen LogP contribution in [-0.4, -0.2) is 37.8 Å². The molecule has 1 fully saturated rings. The minimum Gasteiger partial charge on any atom is -0.496 e. The Morgan fingerprint density at radius 2 is 1.64 bits per heavy atom. The van der Waals surface area contributed by atoms with Crippen LogP contribution in [0, 0.1) is 17.8 Å². The van der Waals surface area contributed by atoms with Crippen molar-refractivity contribution in [2.45, 2.75) is 58.8 Å². The van der Waals surface area contributed by atoms with E-state index in [-0.39, 0.29) is 5.91 Å². The molecule has 2 aromatic carbocycles. The lowest BCUT2D eigenvalue weighted by Gasteiger charge is -2.32. The number of rotatable bonds is 9. The van der Waals surface area contributed by atoms with Crippen LogP contribution in [0.25, 0.3) is 11.1 Å². The van der Waals surface area contributed by atoms with E-state index < -0.39 is 0 Å². The number of ether oxygens (including phenoxy) is 1. The Bertz CT molecular complexity index is 940. The highest BCUT2D eigenvalue weighted by atomic mass is 16.5. The topological polar surface area (TPSA) is 46.6 Å². The van der Waals surface area contributed by atoms with E-state index >= 15 is 0 Å². The summed E-state index contributed by atoms with van der Waals surface area (Å²) in [6, 6.07) is 14.1. The predicted molar refractivity (Wildman–Crippen MR) is 135 cm³/mol. The number of carbonyl (C=O) groups excluding carboxylic acids is 2. The van der Waals surface area contributed by atoms with E-state index in [0.29, 0.717) is 29.6 Å². The van der Waals surface area contributed by atoms with Crippen molar-refractivity contribution in [2.75, 3.05) is 21.2 Å². The van der Waals surface area contributed by atoms with E-state index in [1.54, 1.807) is 33.0 Å². The zero-order chi connectivity index (χ0) is 24.0. The zero-order valence-electron chi connectivity index (χ0n) is 20.9. The molecule has 4 nitrogen and oxygen atoms in total. The summed E-state index contributed by atoms with van der Waals surface area (Å²) >= 11 is 0. The number of amides is 1. The van der Waals surface area contributed by atoms with Crippen molar-refractivity contribution in [1.29, 1.82) is 0 Å². The molecular weight excluding hydrogens is 410 g/mol. The van der Waals surface area contributed by atoms with Crippen molar-refractivity contribution in [3.05, 3.63) is 53.6 Å². The molecule has 1 aliphatic carbocycles. The first kappa shape index (κ1) is 25.0. The van der Waals surface area contributed by atoms with Crippen molar-refractivity contribution in [3.63, 3.8) is 0 Å². The van der Waals surface area contributed by atoms with Crippen LogP contribution in [0.15, 0.2) is 42.5 Å². The highest BCUT2D eigenvalue weighted by Crippen LogP contribution is 2.38. The van der Waals surface area contributed by atoms with Gasteiger partial charge in [0.2, 0.25) is 0 Å². The van der Waals surface area contributed by atoms with Gasteiger partial charge in [0, 0.05) is 26.1 Å². The number of hydrogen-bond donors (Lipinski definition) is 0. The molecule has 2 aromatic rings. The van der Waals surface area contributed by atoms with Crippen LogP contribution >= 0.6 is 0 Å². The van der Waals surface area contributed by atoms with Crippen LogP contribution in [0.2, 0.25) is 0 Å². The standard InChI is InChI=1S/C29H39NO3/c1-20-6-8-22(9-7-20)25(18-21(2)31)14-15-27-19-26(16-17-28(27)33-5)23-10-12-24(13-11-23)29(32)30(3)4/h10-13,16-17,19-20,22,25H,6-9,14-15,18H2,1-5H3. The van der Waals surface area contributed by atoms with E-state index in [1.165, 1.54) is 31.2 Å². The number of aryl methyl sites for hydroxylation is 1. The maximum absolute atomic E-state index is 12.2. The van der Waals surface area contributed by atoms with Crippen molar-refractivity contribution in [2.24, 2.45) is 17.8 Å². The normalized spacial score (nSPS) is 19.1. The molecule has 0 bridgehead atoms. The van der Waals surface area contributed by atoms with E-state index in [9.17, 15) is 9.59 Å². The van der Waals surface area contributed by atoms with Gasteiger partial charge >= 0.3 is 0 Å². The molecule has 0 radical (unpaired) electrons. The summed E-state index contributed by atoms with van der Waals surface area (Å²) in [7, 11) is 5.24. The molecule has 4 heteroatoms. The highest BCUT2D eigenvalue weighted by molar-refractivity contribution is 5.94. The fourth-order valence-electron chi connectivity index (χ4n) is 5.19.